The van der Waals surface area contributed by atoms with E-state index in [1.54, 1.807) is 33.8 Å². The van der Waals surface area contributed by atoms with Gasteiger partial charge in [-0.3, -0.25) is 24.5 Å². The summed E-state index contributed by atoms with van der Waals surface area (Å²) in [6.07, 6.45) is 0.125. The van der Waals surface area contributed by atoms with Crippen molar-refractivity contribution in [3.63, 3.8) is 0 Å². The number of hydrogen-bond acceptors (Lipinski definition) is 4. The van der Waals surface area contributed by atoms with Gasteiger partial charge < -0.3 is 15.0 Å². The first-order valence-corrected chi connectivity index (χ1v) is 14.0. The number of carbonyl (C=O) groups excluding carboxylic acids is 3. The Morgan fingerprint density at radius 3 is 1.95 bits per heavy atom. The van der Waals surface area contributed by atoms with Crippen LogP contribution in [0.2, 0.25) is 0 Å². The summed E-state index contributed by atoms with van der Waals surface area (Å²) >= 11 is 0. The number of aryl methyl sites for hydroxylation is 2. The fourth-order valence-corrected chi connectivity index (χ4v) is 4.95. The normalized spacial score (nSPS) is 15.0. The number of nitrogens with zero attached hydrogens (tertiary/aromatic N) is 2. The Morgan fingerprint density at radius 2 is 1.38 bits per heavy atom. The fourth-order valence-electron chi connectivity index (χ4n) is 4.95. The van der Waals surface area contributed by atoms with Crippen LogP contribution in [0.4, 0.5) is 11.4 Å². The molecule has 0 unspecified atom stereocenters. The van der Waals surface area contributed by atoms with E-state index in [1.807, 2.05) is 62.4 Å². The molecule has 1 atom stereocenters. The zero-order valence-corrected chi connectivity index (χ0v) is 24.6. The first-order valence-electron chi connectivity index (χ1n) is 14.0. The molecule has 1 aliphatic rings. The third-order valence-corrected chi connectivity index (χ3v) is 7.50. The molecule has 42 heavy (non-hydrogen) atoms. The van der Waals surface area contributed by atoms with Crippen molar-refractivity contribution in [1.29, 1.82) is 0 Å². The lowest BCUT2D eigenvalue weighted by molar-refractivity contribution is -0.122. The van der Waals surface area contributed by atoms with E-state index < -0.39 is 5.92 Å². The summed E-state index contributed by atoms with van der Waals surface area (Å²) in [5.41, 5.74) is 7.77. The lowest BCUT2D eigenvalue weighted by Gasteiger charge is -2.19. The zero-order valence-electron chi connectivity index (χ0n) is 24.6. The zero-order chi connectivity index (χ0) is 30.0. The Labute approximate surface area is 246 Å². The van der Waals surface area contributed by atoms with Crippen LogP contribution >= 0.6 is 0 Å². The van der Waals surface area contributed by atoms with Crippen LogP contribution in [-0.2, 0) is 15.0 Å². The largest absolute Gasteiger partial charge is 0.457 e. The molecule has 0 saturated carbocycles. The molecule has 2 heterocycles. The Bertz CT molecular complexity index is 1580. The Kier molecular flexibility index (Phi) is 7.89. The molecule has 0 bridgehead atoms. The van der Waals surface area contributed by atoms with Gasteiger partial charge in [-0.25, -0.2) is 0 Å². The van der Waals surface area contributed by atoms with Gasteiger partial charge >= 0.3 is 0 Å². The topological polar surface area (TPSA) is 92.7 Å². The predicted octanol–water partition coefficient (Wildman–Crippen LogP) is 6.57. The molecule has 1 aromatic heterocycles. The first-order chi connectivity index (χ1) is 20.0. The molecule has 0 aliphatic carbocycles. The van der Waals surface area contributed by atoms with Gasteiger partial charge in [0.25, 0.3) is 5.91 Å². The van der Waals surface area contributed by atoms with Crippen molar-refractivity contribution < 1.29 is 19.1 Å². The minimum atomic E-state index is -0.488. The van der Waals surface area contributed by atoms with Crippen LogP contribution in [-0.4, -0.2) is 28.9 Å². The second kappa shape index (κ2) is 11.6. The van der Waals surface area contributed by atoms with Crippen molar-refractivity contribution in [2.45, 2.75) is 46.5 Å². The van der Waals surface area contributed by atoms with Gasteiger partial charge in [0, 0.05) is 41.3 Å². The number of benzene rings is 3. The highest BCUT2D eigenvalue weighted by atomic mass is 16.5. The number of anilines is 2. The van der Waals surface area contributed by atoms with Crippen LogP contribution in [0.5, 0.6) is 11.5 Å². The quantitative estimate of drug-likeness (QED) is 0.266. The molecule has 1 fully saturated rings. The SMILES string of the molecule is Cc1ccc(C)n1NC(=O)c1ccc(NC(=O)[C@H]2CC(=O)N(c3ccc(Oc4ccc(C(C)(C)C)cc4)cc3)C2)cc1. The molecule has 3 aromatic carbocycles. The maximum Gasteiger partial charge on any atom is 0.270 e. The lowest BCUT2D eigenvalue weighted by atomic mass is 9.87. The summed E-state index contributed by atoms with van der Waals surface area (Å²) in [4.78, 5) is 40.1. The maximum atomic E-state index is 13.0. The van der Waals surface area contributed by atoms with Gasteiger partial charge in [0.05, 0.1) is 5.92 Å². The van der Waals surface area contributed by atoms with Crippen LogP contribution in [0.15, 0.2) is 84.9 Å². The van der Waals surface area contributed by atoms with Crippen molar-refractivity contribution in [3.05, 3.63) is 107 Å². The highest BCUT2D eigenvalue weighted by molar-refractivity contribution is 6.04. The van der Waals surface area contributed by atoms with Crippen LogP contribution in [0.3, 0.4) is 0 Å². The Balaban J connectivity index is 1.16. The van der Waals surface area contributed by atoms with Crippen LogP contribution < -0.4 is 20.4 Å². The predicted molar refractivity (Wildman–Crippen MR) is 165 cm³/mol. The standard InChI is InChI=1S/C34H36N4O4/c1-22-6-7-23(2)38(22)36-33(41)24-8-12-27(13-9-24)35-32(40)25-20-31(39)37(21-25)28-14-18-30(19-15-28)42-29-16-10-26(11-17-29)34(3,4)5/h6-19,25H,20-21H2,1-5H3,(H,35,40)(H,36,41)/t25-/m0/s1. The molecular formula is C34H36N4O4. The molecule has 216 valence electrons. The van der Waals surface area contributed by atoms with Crippen LogP contribution in [0.25, 0.3) is 0 Å². The molecule has 2 N–H and O–H groups in total. The fraction of sp³-hybridized carbons (Fsp3) is 0.265. The molecule has 8 nitrogen and oxygen atoms in total. The first kappa shape index (κ1) is 28.7. The molecule has 5 rings (SSSR count). The number of aromatic nitrogens is 1. The van der Waals surface area contributed by atoms with E-state index in [0.717, 1.165) is 17.1 Å². The van der Waals surface area contributed by atoms with Gasteiger partial charge in [0.2, 0.25) is 11.8 Å². The van der Waals surface area contributed by atoms with Crippen molar-refractivity contribution >= 4 is 29.1 Å². The second-order valence-electron chi connectivity index (χ2n) is 11.7. The summed E-state index contributed by atoms with van der Waals surface area (Å²) in [6, 6.07) is 25.9. The maximum absolute atomic E-state index is 13.0. The van der Waals surface area contributed by atoms with E-state index >= 15 is 0 Å². The minimum Gasteiger partial charge on any atom is -0.457 e. The van der Waals surface area contributed by atoms with Gasteiger partial charge in [-0.1, -0.05) is 32.9 Å². The third kappa shape index (κ3) is 6.38. The van der Waals surface area contributed by atoms with Gasteiger partial charge in [-0.2, -0.15) is 0 Å². The minimum absolute atomic E-state index is 0.0712. The van der Waals surface area contributed by atoms with E-state index in [2.05, 4.69) is 43.6 Å². The van der Waals surface area contributed by atoms with E-state index in [0.29, 0.717) is 22.7 Å². The van der Waals surface area contributed by atoms with Crippen molar-refractivity contribution in [3.8, 4) is 11.5 Å². The molecule has 8 heteroatoms. The number of carbonyl (C=O) groups is 3. The molecule has 1 aliphatic heterocycles. The third-order valence-electron chi connectivity index (χ3n) is 7.50. The molecule has 1 saturated heterocycles. The second-order valence-corrected chi connectivity index (χ2v) is 11.7. The van der Waals surface area contributed by atoms with E-state index in [-0.39, 0.29) is 36.1 Å². The number of amides is 3. The van der Waals surface area contributed by atoms with E-state index in [9.17, 15) is 14.4 Å². The number of rotatable bonds is 7. The van der Waals surface area contributed by atoms with Crippen molar-refractivity contribution in [2.75, 3.05) is 22.2 Å². The summed E-state index contributed by atoms with van der Waals surface area (Å²) in [5.74, 6) is 0.326. The summed E-state index contributed by atoms with van der Waals surface area (Å²) in [7, 11) is 0. The Morgan fingerprint density at radius 1 is 0.810 bits per heavy atom. The molecule has 3 amide bonds. The smallest absolute Gasteiger partial charge is 0.270 e. The molecular weight excluding hydrogens is 528 g/mol. The molecule has 4 aromatic rings. The number of hydrogen-bond donors (Lipinski definition) is 2. The van der Waals surface area contributed by atoms with E-state index in [4.69, 9.17) is 4.74 Å². The highest BCUT2D eigenvalue weighted by Gasteiger charge is 2.35. The van der Waals surface area contributed by atoms with Crippen molar-refractivity contribution in [1.82, 2.24) is 4.68 Å². The van der Waals surface area contributed by atoms with Gasteiger partial charge in [0.15, 0.2) is 0 Å². The summed E-state index contributed by atoms with van der Waals surface area (Å²) < 4.78 is 7.71. The number of nitrogens with one attached hydrogen (secondary N) is 2. The number of ether oxygens (including phenoxy) is 1. The van der Waals surface area contributed by atoms with Crippen LogP contribution in [0.1, 0.15) is 54.5 Å². The van der Waals surface area contributed by atoms with Gasteiger partial charge in [0.1, 0.15) is 11.5 Å². The van der Waals surface area contributed by atoms with Crippen molar-refractivity contribution in [2.24, 2.45) is 5.92 Å². The Hall–Kier alpha value is -4.85. The lowest BCUT2D eigenvalue weighted by Crippen LogP contribution is -2.28. The monoisotopic (exact) mass is 564 g/mol. The summed E-state index contributed by atoms with van der Waals surface area (Å²) in [5, 5.41) is 2.88. The molecule has 0 spiro atoms. The summed E-state index contributed by atoms with van der Waals surface area (Å²) in [6.45, 7) is 10.6. The average Bonchev–Trinajstić information content (AvgIpc) is 3.51. The molecule has 0 radical (unpaired) electrons. The van der Waals surface area contributed by atoms with Crippen LogP contribution in [0, 0.1) is 19.8 Å². The van der Waals surface area contributed by atoms with E-state index in [1.165, 1.54) is 5.56 Å². The average molecular weight is 565 g/mol. The van der Waals surface area contributed by atoms with Gasteiger partial charge in [-0.15, -0.1) is 0 Å². The van der Waals surface area contributed by atoms with Gasteiger partial charge in [-0.05, 0) is 97.6 Å². The highest BCUT2D eigenvalue weighted by Crippen LogP contribution is 2.30.